The highest BCUT2D eigenvalue weighted by Crippen LogP contribution is 2.23. The van der Waals surface area contributed by atoms with Crippen molar-refractivity contribution in [1.82, 2.24) is 4.98 Å². The van der Waals surface area contributed by atoms with Gasteiger partial charge in [-0.15, -0.1) is 0 Å². The molecule has 132 valence electrons. The molecule has 0 saturated carbocycles. The lowest BCUT2D eigenvalue weighted by atomic mass is 10.1. The van der Waals surface area contributed by atoms with Crippen molar-refractivity contribution < 1.29 is 14.3 Å². The monoisotopic (exact) mass is 341 g/mol. The van der Waals surface area contributed by atoms with E-state index in [0.29, 0.717) is 23.5 Å². The third-order valence-electron chi connectivity index (χ3n) is 3.48. The normalized spacial score (nSPS) is 10.2. The predicted octanol–water partition coefficient (Wildman–Crippen LogP) is 3.54. The lowest BCUT2D eigenvalue weighted by molar-refractivity contribution is -0.118. The zero-order valence-corrected chi connectivity index (χ0v) is 14.5. The third kappa shape index (κ3) is 6.25. The minimum Gasteiger partial charge on any atom is -0.482 e. The molecule has 25 heavy (non-hydrogen) atoms. The number of aryl methyl sites for hydroxylation is 1. The smallest absolute Gasteiger partial charge is 0.262 e. The van der Waals surface area contributed by atoms with Gasteiger partial charge in [-0.25, -0.2) is 0 Å². The first-order chi connectivity index (χ1) is 12.1. The Morgan fingerprint density at radius 3 is 2.64 bits per heavy atom. The van der Waals surface area contributed by atoms with E-state index in [1.807, 2.05) is 26.0 Å². The molecule has 0 saturated heterocycles. The molecule has 0 fully saturated rings. The van der Waals surface area contributed by atoms with Gasteiger partial charge in [-0.1, -0.05) is 19.4 Å². The number of nitrogens with zero attached hydrogens (tertiary/aromatic N) is 1. The molecule has 1 heterocycles. The van der Waals surface area contributed by atoms with Gasteiger partial charge in [0.05, 0.1) is 17.6 Å². The standard InChI is InChI=1S/C19H23N3O3/c1-3-4-7-18(23)21-16-9-8-14(2)11-17(16)22-19(24)13-25-15-6-5-10-20-12-15/h5-6,8-12H,3-4,7,13H2,1-2H3,(H,21,23)(H,22,24). The van der Waals surface area contributed by atoms with Crippen LogP contribution in [0.15, 0.2) is 42.7 Å². The molecule has 6 nitrogen and oxygen atoms in total. The predicted molar refractivity (Wildman–Crippen MR) is 97.7 cm³/mol. The van der Waals surface area contributed by atoms with E-state index >= 15 is 0 Å². The minimum absolute atomic E-state index is 0.0622. The molecule has 0 aliphatic heterocycles. The van der Waals surface area contributed by atoms with Gasteiger partial charge in [0.2, 0.25) is 5.91 Å². The van der Waals surface area contributed by atoms with Gasteiger partial charge < -0.3 is 15.4 Å². The molecule has 2 rings (SSSR count). The molecule has 0 radical (unpaired) electrons. The van der Waals surface area contributed by atoms with Gasteiger partial charge in [0.15, 0.2) is 6.61 Å². The topological polar surface area (TPSA) is 80.3 Å². The number of carbonyl (C=O) groups excluding carboxylic acids is 2. The Labute approximate surface area is 147 Å². The summed E-state index contributed by atoms with van der Waals surface area (Å²) in [6, 6.07) is 8.95. The van der Waals surface area contributed by atoms with Crippen molar-refractivity contribution in [2.75, 3.05) is 17.2 Å². The number of rotatable bonds is 8. The van der Waals surface area contributed by atoms with Crippen molar-refractivity contribution in [2.24, 2.45) is 0 Å². The number of ether oxygens (including phenoxy) is 1. The van der Waals surface area contributed by atoms with Gasteiger partial charge >= 0.3 is 0 Å². The summed E-state index contributed by atoms with van der Waals surface area (Å²) in [7, 11) is 0. The molecule has 6 heteroatoms. The molecule has 1 aromatic carbocycles. The minimum atomic E-state index is -0.307. The maximum absolute atomic E-state index is 12.1. The van der Waals surface area contributed by atoms with E-state index in [0.717, 1.165) is 18.4 Å². The van der Waals surface area contributed by atoms with Crippen LogP contribution in [0, 0.1) is 6.92 Å². The fourth-order valence-electron chi connectivity index (χ4n) is 2.19. The Bertz CT molecular complexity index is 717. The second kappa shape index (κ2) is 9.42. The Kier molecular flexibility index (Phi) is 6.95. The molecular formula is C19H23N3O3. The lowest BCUT2D eigenvalue weighted by Gasteiger charge is -2.13. The quantitative estimate of drug-likeness (QED) is 0.769. The van der Waals surface area contributed by atoms with E-state index < -0.39 is 0 Å². The van der Waals surface area contributed by atoms with Crippen molar-refractivity contribution in [1.29, 1.82) is 0 Å². The summed E-state index contributed by atoms with van der Waals surface area (Å²) in [5, 5.41) is 5.63. The molecule has 2 N–H and O–H groups in total. The van der Waals surface area contributed by atoms with Crippen molar-refractivity contribution in [3.05, 3.63) is 48.3 Å². The summed E-state index contributed by atoms with van der Waals surface area (Å²) < 4.78 is 5.38. The van der Waals surface area contributed by atoms with E-state index in [4.69, 9.17) is 4.74 Å². The Morgan fingerprint density at radius 2 is 1.92 bits per heavy atom. The van der Waals surface area contributed by atoms with Gasteiger partial charge in [0.25, 0.3) is 5.91 Å². The molecule has 0 unspecified atom stereocenters. The number of aromatic nitrogens is 1. The fourth-order valence-corrected chi connectivity index (χ4v) is 2.19. The number of hydrogen-bond acceptors (Lipinski definition) is 4. The second-order valence-electron chi connectivity index (χ2n) is 5.73. The number of benzene rings is 1. The van der Waals surface area contributed by atoms with Gasteiger partial charge in [-0.05, 0) is 43.2 Å². The summed E-state index contributed by atoms with van der Waals surface area (Å²) in [6.45, 7) is 3.82. The van der Waals surface area contributed by atoms with Gasteiger partial charge in [0.1, 0.15) is 5.75 Å². The van der Waals surface area contributed by atoms with Crippen LogP contribution in [-0.2, 0) is 9.59 Å². The number of nitrogens with one attached hydrogen (secondary N) is 2. The van der Waals surface area contributed by atoms with E-state index in [1.54, 1.807) is 30.6 Å². The highest BCUT2D eigenvalue weighted by atomic mass is 16.5. The number of hydrogen-bond donors (Lipinski definition) is 2. The molecule has 2 amide bonds. The Hall–Kier alpha value is -2.89. The Balaban J connectivity index is 1.98. The molecule has 1 aromatic heterocycles. The van der Waals surface area contributed by atoms with Crippen LogP contribution in [0.4, 0.5) is 11.4 Å². The van der Waals surface area contributed by atoms with Crippen LogP contribution < -0.4 is 15.4 Å². The van der Waals surface area contributed by atoms with Crippen molar-refractivity contribution >= 4 is 23.2 Å². The van der Waals surface area contributed by atoms with Crippen LogP contribution >= 0.6 is 0 Å². The lowest BCUT2D eigenvalue weighted by Crippen LogP contribution is -2.22. The number of pyridine rings is 1. The molecule has 0 aliphatic carbocycles. The van der Waals surface area contributed by atoms with Crippen LogP contribution in [0.25, 0.3) is 0 Å². The van der Waals surface area contributed by atoms with E-state index in [2.05, 4.69) is 15.6 Å². The second-order valence-corrected chi connectivity index (χ2v) is 5.73. The third-order valence-corrected chi connectivity index (χ3v) is 3.48. The fraction of sp³-hybridized carbons (Fsp3) is 0.316. The molecule has 0 atom stereocenters. The molecule has 0 spiro atoms. The van der Waals surface area contributed by atoms with Gasteiger partial charge in [0, 0.05) is 12.6 Å². The first-order valence-corrected chi connectivity index (χ1v) is 8.31. The molecule has 2 aromatic rings. The van der Waals surface area contributed by atoms with Crippen LogP contribution in [-0.4, -0.2) is 23.4 Å². The number of amides is 2. The van der Waals surface area contributed by atoms with Crippen molar-refractivity contribution in [3.8, 4) is 5.75 Å². The first kappa shape index (κ1) is 18.4. The average Bonchev–Trinajstić information content (AvgIpc) is 2.61. The van der Waals surface area contributed by atoms with Crippen LogP contribution in [0.5, 0.6) is 5.75 Å². The first-order valence-electron chi connectivity index (χ1n) is 8.31. The highest BCUT2D eigenvalue weighted by molar-refractivity contribution is 6.00. The van der Waals surface area contributed by atoms with Crippen LogP contribution in [0.1, 0.15) is 31.7 Å². The van der Waals surface area contributed by atoms with Crippen LogP contribution in [0.2, 0.25) is 0 Å². The van der Waals surface area contributed by atoms with Gasteiger partial charge in [-0.2, -0.15) is 0 Å². The summed E-state index contributed by atoms with van der Waals surface area (Å²) in [5.74, 6) is 0.154. The molecule has 0 aliphatic rings. The largest absolute Gasteiger partial charge is 0.482 e. The zero-order valence-electron chi connectivity index (χ0n) is 14.5. The number of unbranched alkanes of at least 4 members (excludes halogenated alkanes) is 1. The maximum atomic E-state index is 12.1. The summed E-state index contributed by atoms with van der Waals surface area (Å²) in [6.07, 6.45) is 5.42. The van der Waals surface area contributed by atoms with E-state index in [-0.39, 0.29) is 18.4 Å². The number of carbonyl (C=O) groups is 2. The van der Waals surface area contributed by atoms with E-state index in [9.17, 15) is 9.59 Å². The van der Waals surface area contributed by atoms with Crippen molar-refractivity contribution in [3.63, 3.8) is 0 Å². The molecule has 0 bridgehead atoms. The zero-order chi connectivity index (χ0) is 18.1. The van der Waals surface area contributed by atoms with Crippen molar-refractivity contribution in [2.45, 2.75) is 33.1 Å². The van der Waals surface area contributed by atoms with Crippen LogP contribution in [0.3, 0.4) is 0 Å². The highest BCUT2D eigenvalue weighted by Gasteiger charge is 2.11. The number of anilines is 2. The summed E-state index contributed by atoms with van der Waals surface area (Å²) >= 11 is 0. The maximum Gasteiger partial charge on any atom is 0.262 e. The summed E-state index contributed by atoms with van der Waals surface area (Å²) in [5.41, 5.74) is 2.13. The SMILES string of the molecule is CCCCC(=O)Nc1ccc(C)cc1NC(=O)COc1cccnc1. The summed E-state index contributed by atoms with van der Waals surface area (Å²) in [4.78, 5) is 28.0. The molecular weight excluding hydrogens is 318 g/mol. The Morgan fingerprint density at radius 1 is 1.12 bits per heavy atom. The van der Waals surface area contributed by atoms with Gasteiger partial charge in [-0.3, -0.25) is 14.6 Å². The van der Waals surface area contributed by atoms with E-state index in [1.165, 1.54) is 0 Å². The average molecular weight is 341 g/mol.